The summed E-state index contributed by atoms with van der Waals surface area (Å²) in [7, 11) is 0. The van der Waals surface area contributed by atoms with Gasteiger partial charge in [0.15, 0.2) is 11.6 Å². The van der Waals surface area contributed by atoms with Crippen LogP contribution in [0.5, 0.6) is 0 Å². The molecular weight excluding hydrogens is 185 g/mol. The molecule has 0 aromatic heterocycles. The van der Waals surface area contributed by atoms with Gasteiger partial charge in [-0.05, 0) is 6.07 Å². The minimum Gasteiger partial charge on any atom is -0.290 e. The Balaban J connectivity index is 3.23. The van der Waals surface area contributed by atoms with Gasteiger partial charge in [0.2, 0.25) is 0 Å². The Bertz CT molecular complexity index is 354. The fourth-order valence-electron chi connectivity index (χ4n) is 0.774. The number of nitrogens with two attached hydrogens (primary N) is 1. The molecule has 0 aliphatic rings. The lowest BCUT2D eigenvalue weighted by Gasteiger charge is -2.01. The Labute approximate surface area is 71.3 Å². The largest absolute Gasteiger partial charge is 0.290 e. The number of hydrazine groups is 1. The summed E-state index contributed by atoms with van der Waals surface area (Å²) in [4.78, 5) is 10.7. The van der Waals surface area contributed by atoms with Crippen molar-refractivity contribution in [2.75, 3.05) is 0 Å². The smallest absolute Gasteiger partial charge is 0.268 e. The minimum atomic E-state index is -1.36. The summed E-state index contributed by atoms with van der Waals surface area (Å²) in [6, 6.07) is 0.715. The zero-order valence-electron chi connectivity index (χ0n) is 6.27. The maximum Gasteiger partial charge on any atom is 0.268 e. The number of benzene rings is 1. The Morgan fingerprint density at radius 3 is 2.23 bits per heavy atom. The van der Waals surface area contributed by atoms with E-state index in [4.69, 9.17) is 0 Å². The number of nitrogens with one attached hydrogen (secondary N) is 1. The molecule has 3 nitrogen and oxygen atoms in total. The van der Waals surface area contributed by atoms with Gasteiger partial charge < -0.3 is 0 Å². The zero-order chi connectivity index (χ0) is 10.0. The highest BCUT2D eigenvalue weighted by Gasteiger charge is 2.14. The SMILES string of the molecule is NNC(=O)c1cc(F)c(F)cc1F. The highest BCUT2D eigenvalue weighted by atomic mass is 19.2. The quantitative estimate of drug-likeness (QED) is 0.296. The first kappa shape index (κ1) is 9.53. The average Bonchev–Trinajstić information content (AvgIpc) is 2.10. The lowest BCUT2D eigenvalue weighted by molar-refractivity contribution is 0.0949. The second-order valence-electron chi connectivity index (χ2n) is 2.22. The lowest BCUT2D eigenvalue weighted by atomic mass is 10.2. The van der Waals surface area contributed by atoms with Crippen molar-refractivity contribution in [2.24, 2.45) is 5.84 Å². The highest BCUT2D eigenvalue weighted by molar-refractivity contribution is 5.93. The summed E-state index contributed by atoms with van der Waals surface area (Å²) in [5, 5.41) is 0. The lowest BCUT2D eigenvalue weighted by Crippen LogP contribution is -2.30. The Morgan fingerprint density at radius 2 is 1.69 bits per heavy atom. The van der Waals surface area contributed by atoms with Gasteiger partial charge >= 0.3 is 0 Å². The van der Waals surface area contributed by atoms with E-state index in [1.165, 1.54) is 0 Å². The molecule has 0 spiro atoms. The second kappa shape index (κ2) is 3.44. The molecule has 0 aliphatic heterocycles. The van der Waals surface area contributed by atoms with Crippen molar-refractivity contribution in [3.8, 4) is 0 Å². The number of amides is 1. The standard InChI is InChI=1S/C7H5F3N2O/c8-4-2-6(10)5(9)1-3(4)7(13)12-11/h1-2H,11H2,(H,12,13). The molecule has 1 amide bonds. The van der Waals surface area contributed by atoms with Crippen LogP contribution in [0.3, 0.4) is 0 Å². The molecule has 0 heterocycles. The van der Waals surface area contributed by atoms with Crippen molar-refractivity contribution < 1.29 is 18.0 Å². The summed E-state index contributed by atoms with van der Waals surface area (Å²) in [5.41, 5.74) is 0.963. The molecule has 0 radical (unpaired) electrons. The normalized spacial score (nSPS) is 9.85. The topological polar surface area (TPSA) is 55.1 Å². The molecule has 0 unspecified atom stereocenters. The Kier molecular flexibility index (Phi) is 2.52. The number of carbonyl (C=O) groups excluding carboxylic acids is 1. The summed E-state index contributed by atoms with van der Waals surface area (Å²) < 4.78 is 37.6. The van der Waals surface area contributed by atoms with Gasteiger partial charge in [-0.15, -0.1) is 0 Å². The fourth-order valence-corrected chi connectivity index (χ4v) is 0.774. The predicted molar refractivity (Wildman–Crippen MR) is 38.0 cm³/mol. The van der Waals surface area contributed by atoms with Crippen molar-refractivity contribution in [1.82, 2.24) is 5.43 Å². The number of nitrogen functional groups attached to an aromatic ring is 1. The van der Waals surface area contributed by atoms with E-state index < -0.39 is 28.9 Å². The van der Waals surface area contributed by atoms with Crippen molar-refractivity contribution >= 4 is 5.91 Å². The summed E-state index contributed by atoms with van der Waals surface area (Å²) in [6.07, 6.45) is 0. The third-order valence-corrected chi connectivity index (χ3v) is 1.39. The van der Waals surface area contributed by atoms with Crippen LogP contribution < -0.4 is 11.3 Å². The van der Waals surface area contributed by atoms with Crippen LogP contribution in [-0.4, -0.2) is 5.91 Å². The zero-order valence-corrected chi connectivity index (χ0v) is 6.27. The number of halogens is 3. The molecule has 0 bridgehead atoms. The van der Waals surface area contributed by atoms with E-state index in [0.29, 0.717) is 6.07 Å². The van der Waals surface area contributed by atoms with E-state index in [0.717, 1.165) is 0 Å². The van der Waals surface area contributed by atoms with Crippen LogP contribution in [-0.2, 0) is 0 Å². The molecule has 1 rings (SSSR count). The average molecular weight is 190 g/mol. The Morgan fingerprint density at radius 1 is 1.15 bits per heavy atom. The monoisotopic (exact) mass is 190 g/mol. The van der Waals surface area contributed by atoms with E-state index in [9.17, 15) is 18.0 Å². The van der Waals surface area contributed by atoms with Gasteiger partial charge in [-0.2, -0.15) is 0 Å². The second-order valence-corrected chi connectivity index (χ2v) is 2.22. The minimum absolute atomic E-state index is 0.278. The van der Waals surface area contributed by atoms with Gasteiger partial charge in [0.05, 0.1) is 5.56 Å². The number of rotatable bonds is 1. The molecule has 13 heavy (non-hydrogen) atoms. The van der Waals surface area contributed by atoms with E-state index in [-0.39, 0.29) is 6.07 Å². The molecular formula is C7H5F3N2O. The van der Waals surface area contributed by atoms with E-state index in [1.807, 2.05) is 0 Å². The van der Waals surface area contributed by atoms with Crippen molar-refractivity contribution in [2.45, 2.75) is 0 Å². The summed E-state index contributed by atoms with van der Waals surface area (Å²) in [5.74, 6) is -0.165. The molecule has 0 aliphatic carbocycles. The fraction of sp³-hybridized carbons (Fsp3) is 0. The molecule has 0 fully saturated rings. The van der Waals surface area contributed by atoms with E-state index in [2.05, 4.69) is 5.84 Å². The number of hydrogen-bond donors (Lipinski definition) is 2. The molecule has 70 valence electrons. The van der Waals surface area contributed by atoms with Gasteiger partial charge in [0.1, 0.15) is 5.82 Å². The van der Waals surface area contributed by atoms with Gasteiger partial charge in [0, 0.05) is 6.07 Å². The van der Waals surface area contributed by atoms with Crippen LogP contribution in [0.25, 0.3) is 0 Å². The van der Waals surface area contributed by atoms with Crippen molar-refractivity contribution in [3.63, 3.8) is 0 Å². The van der Waals surface area contributed by atoms with Gasteiger partial charge in [-0.25, -0.2) is 19.0 Å². The van der Waals surface area contributed by atoms with E-state index >= 15 is 0 Å². The van der Waals surface area contributed by atoms with Crippen molar-refractivity contribution in [3.05, 3.63) is 35.1 Å². The van der Waals surface area contributed by atoms with Crippen LogP contribution in [0, 0.1) is 17.5 Å². The van der Waals surface area contributed by atoms with Gasteiger partial charge in [-0.3, -0.25) is 10.2 Å². The van der Waals surface area contributed by atoms with Crippen LogP contribution in [0.1, 0.15) is 10.4 Å². The molecule has 1 aromatic rings. The summed E-state index contributed by atoms with van der Waals surface area (Å²) >= 11 is 0. The molecule has 1 aromatic carbocycles. The van der Waals surface area contributed by atoms with E-state index in [1.54, 1.807) is 5.43 Å². The maximum absolute atomic E-state index is 12.7. The van der Waals surface area contributed by atoms with Crippen LogP contribution in [0.2, 0.25) is 0 Å². The highest BCUT2D eigenvalue weighted by Crippen LogP contribution is 2.13. The first-order valence-electron chi connectivity index (χ1n) is 3.21. The molecule has 6 heteroatoms. The summed E-state index contributed by atoms with van der Waals surface area (Å²) in [6.45, 7) is 0. The predicted octanol–water partition coefficient (Wildman–Crippen LogP) is 0.707. The number of hydrogen-bond acceptors (Lipinski definition) is 2. The molecule has 0 saturated carbocycles. The van der Waals surface area contributed by atoms with Crippen molar-refractivity contribution in [1.29, 1.82) is 0 Å². The molecule has 0 saturated heterocycles. The first-order valence-corrected chi connectivity index (χ1v) is 3.21. The first-order chi connectivity index (χ1) is 6.06. The van der Waals surface area contributed by atoms with Gasteiger partial charge in [-0.1, -0.05) is 0 Å². The third-order valence-electron chi connectivity index (χ3n) is 1.39. The Hall–Kier alpha value is -1.56. The van der Waals surface area contributed by atoms with Crippen LogP contribution >= 0.6 is 0 Å². The van der Waals surface area contributed by atoms with Gasteiger partial charge in [0.25, 0.3) is 5.91 Å². The van der Waals surface area contributed by atoms with Crippen LogP contribution in [0.4, 0.5) is 13.2 Å². The third kappa shape index (κ3) is 1.78. The number of carbonyl (C=O) groups is 1. The van der Waals surface area contributed by atoms with Crippen LogP contribution in [0.15, 0.2) is 12.1 Å². The molecule has 3 N–H and O–H groups in total. The molecule has 0 atom stereocenters. The maximum atomic E-state index is 12.7.